The van der Waals surface area contributed by atoms with Crippen molar-refractivity contribution >= 4 is 0 Å². The number of likely N-dealkylation sites (N-methyl/N-ethyl adjacent to an activating group) is 1. The highest BCUT2D eigenvalue weighted by Gasteiger charge is 2.29. The van der Waals surface area contributed by atoms with E-state index in [1.165, 1.54) is 45.4 Å². The molecular formula is C13H27N3. The molecule has 0 aromatic carbocycles. The van der Waals surface area contributed by atoms with Crippen LogP contribution < -0.4 is 5.32 Å². The molecule has 0 radical (unpaired) electrons. The van der Waals surface area contributed by atoms with Gasteiger partial charge in [-0.05, 0) is 52.4 Å². The van der Waals surface area contributed by atoms with E-state index in [9.17, 15) is 0 Å². The molecule has 1 N–H and O–H groups in total. The van der Waals surface area contributed by atoms with Crippen molar-refractivity contribution < 1.29 is 0 Å². The van der Waals surface area contributed by atoms with E-state index in [0.717, 1.165) is 18.0 Å². The summed E-state index contributed by atoms with van der Waals surface area (Å²) in [4.78, 5) is 5.11. The summed E-state index contributed by atoms with van der Waals surface area (Å²) in [6, 6.07) is 1.55. The maximum atomic E-state index is 3.57. The van der Waals surface area contributed by atoms with Crippen LogP contribution in [0.25, 0.3) is 0 Å². The third-order valence-electron chi connectivity index (χ3n) is 4.22. The van der Waals surface area contributed by atoms with Gasteiger partial charge in [0, 0.05) is 25.2 Å². The molecular weight excluding hydrogens is 198 g/mol. The van der Waals surface area contributed by atoms with Crippen molar-refractivity contribution in [3.8, 4) is 0 Å². The minimum absolute atomic E-state index is 0.769. The van der Waals surface area contributed by atoms with Crippen molar-refractivity contribution in [2.75, 3.05) is 40.3 Å². The van der Waals surface area contributed by atoms with Gasteiger partial charge in [0.1, 0.15) is 0 Å². The molecule has 2 rings (SSSR count). The number of rotatable bonds is 2. The first-order valence-electron chi connectivity index (χ1n) is 6.78. The summed E-state index contributed by atoms with van der Waals surface area (Å²) in [5, 5.41) is 3.57. The number of hydrogen-bond donors (Lipinski definition) is 1. The van der Waals surface area contributed by atoms with Crippen LogP contribution in [-0.4, -0.2) is 62.2 Å². The molecule has 0 aromatic rings. The van der Waals surface area contributed by atoms with Crippen LogP contribution in [0, 0.1) is 5.92 Å². The van der Waals surface area contributed by atoms with Gasteiger partial charge in [-0.3, -0.25) is 4.90 Å². The molecule has 16 heavy (non-hydrogen) atoms. The predicted molar refractivity (Wildman–Crippen MR) is 68.7 cm³/mol. The van der Waals surface area contributed by atoms with Crippen molar-refractivity contribution in [2.45, 2.75) is 38.3 Å². The summed E-state index contributed by atoms with van der Waals surface area (Å²) in [6.45, 7) is 7.36. The number of likely N-dealkylation sites (tertiary alicyclic amines) is 1. The van der Waals surface area contributed by atoms with E-state index in [1.54, 1.807) is 0 Å². The average Bonchev–Trinajstić information content (AvgIpc) is 2.29. The lowest BCUT2D eigenvalue weighted by Gasteiger charge is -2.43. The molecule has 2 fully saturated rings. The van der Waals surface area contributed by atoms with Crippen molar-refractivity contribution in [1.29, 1.82) is 0 Å². The minimum atomic E-state index is 0.769. The van der Waals surface area contributed by atoms with Crippen LogP contribution in [0.4, 0.5) is 0 Å². The summed E-state index contributed by atoms with van der Waals surface area (Å²) in [5.74, 6) is 0.846. The zero-order valence-electron chi connectivity index (χ0n) is 11.1. The van der Waals surface area contributed by atoms with Gasteiger partial charge in [-0.1, -0.05) is 6.92 Å². The van der Waals surface area contributed by atoms with Crippen molar-refractivity contribution in [1.82, 2.24) is 15.1 Å². The Kier molecular flexibility index (Phi) is 4.22. The molecule has 3 heteroatoms. The summed E-state index contributed by atoms with van der Waals surface area (Å²) in [6.07, 6.45) is 4.13. The SMILES string of the molecule is CC1CNCC(N2CCCC(N(C)C)C2)C1. The summed E-state index contributed by atoms with van der Waals surface area (Å²) < 4.78 is 0. The van der Waals surface area contributed by atoms with Crippen LogP contribution in [0.1, 0.15) is 26.2 Å². The Balaban J connectivity index is 1.88. The van der Waals surface area contributed by atoms with Crippen LogP contribution in [0.5, 0.6) is 0 Å². The van der Waals surface area contributed by atoms with E-state index >= 15 is 0 Å². The van der Waals surface area contributed by atoms with Crippen LogP contribution in [0.15, 0.2) is 0 Å². The molecule has 0 amide bonds. The van der Waals surface area contributed by atoms with Gasteiger partial charge in [-0.2, -0.15) is 0 Å². The Morgan fingerprint density at radius 1 is 1.25 bits per heavy atom. The van der Waals surface area contributed by atoms with E-state index in [4.69, 9.17) is 0 Å². The standard InChI is InChI=1S/C13H27N3/c1-11-7-13(9-14-8-11)16-6-4-5-12(10-16)15(2)3/h11-14H,4-10H2,1-3H3. The quantitative estimate of drug-likeness (QED) is 0.757. The molecule has 2 heterocycles. The Hall–Kier alpha value is -0.120. The molecule has 0 bridgehead atoms. The fraction of sp³-hybridized carbons (Fsp3) is 1.00. The first-order chi connectivity index (χ1) is 7.66. The van der Waals surface area contributed by atoms with Gasteiger partial charge in [0.2, 0.25) is 0 Å². The first kappa shape index (κ1) is 12.3. The number of nitrogens with one attached hydrogen (secondary N) is 1. The van der Waals surface area contributed by atoms with Gasteiger partial charge >= 0.3 is 0 Å². The largest absolute Gasteiger partial charge is 0.315 e. The van der Waals surface area contributed by atoms with E-state index in [1.807, 2.05) is 0 Å². The van der Waals surface area contributed by atoms with E-state index in [2.05, 4.69) is 36.1 Å². The molecule has 0 spiro atoms. The Bertz CT molecular complexity index is 217. The van der Waals surface area contributed by atoms with Gasteiger partial charge in [0.15, 0.2) is 0 Å². The van der Waals surface area contributed by atoms with Crippen LogP contribution in [0.3, 0.4) is 0 Å². The predicted octanol–water partition coefficient (Wildman–Crippen LogP) is 1.01. The summed E-state index contributed by atoms with van der Waals surface area (Å²) in [5.41, 5.74) is 0. The van der Waals surface area contributed by atoms with Crippen molar-refractivity contribution in [3.05, 3.63) is 0 Å². The third-order valence-corrected chi connectivity index (χ3v) is 4.22. The average molecular weight is 225 g/mol. The van der Waals surface area contributed by atoms with E-state index in [0.29, 0.717) is 0 Å². The topological polar surface area (TPSA) is 18.5 Å². The lowest BCUT2D eigenvalue weighted by atomic mass is 9.94. The fourth-order valence-corrected chi connectivity index (χ4v) is 3.14. The van der Waals surface area contributed by atoms with Crippen molar-refractivity contribution in [2.24, 2.45) is 5.92 Å². The molecule has 3 atom stereocenters. The molecule has 0 saturated carbocycles. The maximum Gasteiger partial charge on any atom is 0.0224 e. The van der Waals surface area contributed by atoms with Gasteiger partial charge in [-0.15, -0.1) is 0 Å². The Labute approximate surface area is 100 Å². The first-order valence-corrected chi connectivity index (χ1v) is 6.78. The molecule has 3 nitrogen and oxygen atoms in total. The second-order valence-corrected chi connectivity index (χ2v) is 5.91. The van der Waals surface area contributed by atoms with Crippen molar-refractivity contribution in [3.63, 3.8) is 0 Å². The maximum absolute atomic E-state index is 3.57. The van der Waals surface area contributed by atoms with Gasteiger partial charge in [0.25, 0.3) is 0 Å². The molecule has 2 saturated heterocycles. The monoisotopic (exact) mass is 225 g/mol. The van der Waals surface area contributed by atoms with E-state index in [-0.39, 0.29) is 0 Å². The highest BCUT2D eigenvalue weighted by molar-refractivity contribution is 4.87. The van der Waals surface area contributed by atoms with E-state index < -0.39 is 0 Å². The zero-order valence-corrected chi connectivity index (χ0v) is 11.1. The second kappa shape index (κ2) is 5.48. The van der Waals surface area contributed by atoms with Crippen LogP contribution in [0.2, 0.25) is 0 Å². The highest BCUT2D eigenvalue weighted by atomic mass is 15.2. The molecule has 0 aromatic heterocycles. The fourth-order valence-electron chi connectivity index (χ4n) is 3.14. The van der Waals surface area contributed by atoms with Gasteiger partial charge in [0.05, 0.1) is 0 Å². The molecule has 0 aliphatic carbocycles. The molecule has 2 aliphatic rings. The number of nitrogens with zero attached hydrogens (tertiary/aromatic N) is 2. The third kappa shape index (κ3) is 2.96. The second-order valence-electron chi connectivity index (χ2n) is 5.91. The Morgan fingerprint density at radius 2 is 2.06 bits per heavy atom. The lowest BCUT2D eigenvalue weighted by molar-refractivity contribution is 0.0749. The summed E-state index contributed by atoms with van der Waals surface area (Å²) >= 11 is 0. The normalized spacial score (nSPS) is 37.9. The number of piperidine rings is 2. The van der Waals surface area contributed by atoms with Crippen LogP contribution >= 0.6 is 0 Å². The lowest BCUT2D eigenvalue weighted by Crippen LogP contribution is -2.54. The zero-order chi connectivity index (χ0) is 11.5. The van der Waals surface area contributed by atoms with Crippen LogP contribution in [-0.2, 0) is 0 Å². The molecule has 3 unspecified atom stereocenters. The highest BCUT2D eigenvalue weighted by Crippen LogP contribution is 2.21. The minimum Gasteiger partial charge on any atom is -0.315 e. The smallest absolute Gasteiger partial charge is 0.0224 e. The number of hydrogen-bond acceptors (Lipinski definition) is 3. The van der Waals surface area contributed by atoms with Gasteiger partial charge in [-0.25, -0.2) is 0 Å². The van der Waals surface area contributed by atoms with Gasteiger partial charge < -0.3 is 10.2 Å². The molecule has 94 valence electrons. The Morgan fingerprint density at radius 3 is 2.75 bits per heavy atom. The molecule has 2 aliphatic heterocycles. The summed E-state index contributed by atoms with van der Waals surface area (Å²) in [7, 11) is 4.44.